The number of carbonyl (C=O) groups excluding carboxylic acids is 1. The first kappa shape index (κ1) is 20.6. The molecule has 1 aliphatic rings. The van der Waals surface area contributed by atoms with Crippen molar-refractivity contribution < 1.29 is 18.7 Å². The number of nitrogens with zero attached hydrogens (tertiary/aromatic N) is 2. The molecule has 1 amide bonds. The van der Waals surface area contributed by atoms with Crippen molar-refractivity contribution in [2.45, 2.75) is 0 Å². The van der Waals surface area contributed by atoms with Crippen LogP contribution in [0.15, 0.2) is 77.4 Å². The lowest BCUT2D eigenvalue weighted by molar-refractivity contribution is -0.113. The van der Waals surface area contributed by atoms with Gasteiger partial charge < -0.3 is 9.47 Å². The topological polar surface area (TPSA) is 51.1 Å². The highest BCUT2D eigenvalue weighted by atomic mass is 35.5. The summed E-state index contributed by atoms with van der Waals surface area (Å²) in [4.78, 5) is 19.4. The zero-order valence-electron chi connectivity index (χ0n) is 16.8. The maximum atomic E-state index is 13.5. The fraction of sp³-hybridized carbons (Fsp3) is 0.0833. The molecule has 3 aromatic carbocycles. The second-order valence-electron chi connectivity index (χ2n) is 6.70. The van der Waals surface area contributed by atoms with E-state index < -0.39 is 0 Å². The fourth-order valence-corrected chi connectivity index (χ4v) is 3.35. The summed E-state index contributed by atoms with van der Waals surface area (Å²) in [5, 5.41) is 0.550. The predicted molar refractivity (Wildman–Crippen MR) is 119 cm³/mol. The monoisotopic (exact) mass is 436 g/mol. The summed E-state index contributed by atoms with van der Waals surface area (Å²) < 4.78 is 24.1. The van der Waals surface area contributed by atoms with E-state index in [9.17, 15) is 9.18 Å². The van der Waals surface area contributed by atoms with Crippen molar-refractivity contribution in [3.8, 4) is 11.5 Å². The molecule has 4 rings (SSSR count). The van der Waals surface area contributed by atoms with Crippen LogP contribution in [0.5, 0.6) is 11.5 Å². The maximum Gasteiger partial charge on any atom is 0.282 e. The minimum Gasteiger partial charge on any atom is -0.497 e. The number of hydrogen-bond acceptors (Lipinski definition) is 4. The summed E-state index contributed by atoms with van der Waals surface area (Å²) in [5.41, 5.74) is 2.10. The van der Waals surface area contributed by atoms with Gasteiger partial charge in [0, 0.05) is 22.2 Å². The number of amidine groups is 1. The highest BCUT2D eigenvalue weighted by Gasteiger charge is 2.32. The Hall–Kier alpha value is -3.64. The zero-order chi connectivity index (χ0) is 22.0. The number of aliphatic imine (C=N–C) groups is 1. The molecule has 1 aliphatic heterocycles. The number of rotatable bonds is 5. The lowest BCUT2D eigenvalue weighted by atomic mass is 10.1. The van der Waals surface area contributed by atoms with Crippen molar-refractivity contribution in [3.63, 3.8) is 0 Å². The van der Waals surface area contributed by atoms with E-state index in [1.54, 1.807) is 74.9 Å². The van der Waals surface area contributed by atoms with Crippen LogP contribution < -0.4 is 14.4 Å². The summed E-state index contributed by atoms with van der Waals surface area (Å²) in [7, 11) is 3.11. The van der Waals surface area contributed by atoms with Gasteiger partial charge in [-0.2, -0.15) is 0 Å². The molecule has 0 spiro atoms. The highest BCUT2D eigenvalue weighted by molar-refractivity contribution is 6.34. The van der Waals surface area contributed by atoms with Gasteiger partial charge in [0.25, 0.3) is 5.91 Å². The third-order valence-electron chi connectivity index (χ3n) is 4.78. The van der Waals surface area contributed by atoms with Gasteiger partial charge in [0.1, 0.15) is 28.8 Å². The number of amides is 1. The molecule has 0 N–H and O–H groups in total. The normalized spacial score (nSPS) is 14.7. The number of hydrogen-bond donors (Lipinski definition) is 0. The van der Waals surface area contributed by atoms with Crippen molar-refractivity contribution >= 4 is 35.1 Å². The van der Waals surface area contributed by atoms with Gasteiger partial charge in [0.2, 0.25) is 0 Å². The van der Waals surface area contributed by atoms with Crippen molar-refractivity contribution in [2.75, 3.05) is 19.1 Å². The minimum absolute atomic E-state index is 0.220. The van der Waals surface area contributed by atoms with Crippen LogP contribution in [-0.2, 0) is 4.79 Å². The van der Waals surface area contributed by atoms with Crippen LogP contribution in [0.25, 0.3) is 6.08 Å². The Bertz CT molecular complexity index is 1190. The third kappa shape index (κ3) is 4.15. The molecular formula is C24H18ClFN2O3. The van der Waals surface area contributed by atoms with Gasteiger partial charge in [-0.1, -0.05) is 11.6 Å². The van der Waals surface area contributed by atoms with Crippen LogP contribution in [0.3, 0.4) is 0 Å². The third-order valence-corrected chi connectivity index (χ3v) is 5.03. The second kappa shape index (κ2) is 8.62. The molecule has 1 heterocycles. The van der Waals surface area contributed by atoms with E-state index in [2.05, 4.69) is 4.99 Å². The van der Waals surface area contributed by atoms with E-state index in [1.165, 1.54) is 17.0 Å². The molecule has 0 atom stereocenters. The van der Waals surface area contributed by atoms with E-state index in [1.807, 2.05) is 0 Å². The molecule has 0 saturated carbocycles. The molecule has 0 radical (unpaired) electrons. The summed E-state index contributed by atoms with van der Waals surface area (Å²) in [6, 6.07) is 18.0. The van der Waals surface area contributed by atoms with Gasteiger partial charge in [-0.25, -0.2) is 9.38 Å². The molecule has 0 aromatic heterocycles. The first-order valence-electron chi connectivity index (χ1n) is 9.38. The van der Waals surface area contributed by atoms with Gasteiger partial charge in [-0.15, -0.1) is 0 Å². The van der Waals surface area contributed by atoms with Gasteiger partial charge >= 0.3 is 0 Å². The lowest BCUT2D eigenvalue weighted by Crippen LogP contribution is -2.32. The number of carbonyl (C=O) groups is 1. The molecule has 0 aliphatic carbocycles. The average molecular weight is 437 g/mol. The predicted octanol–water partition coefficient (Wildman–Crippen LogP) is 5.33. The highest BCUT2D eigenvalue weighted by Crippen LogP contribution is 2.31. The fourth-order valence-electron chi connectivity index (χ4n) is 3.22. The van der Waals surface area contributed by atoms with E-state index in [4.69, 9.17) is 21.1 Å². The van der Waals surface area contributed by atoms with E-state index >= 15 is 0 Å². The van der Waals surface area contributed by atoms with Gasteiger partial charge in [-0.05, 0) is 66.7 Å². The standard InChI is InChI=1S/C24H18ClFN2O3/c1-30-20-12-5-16(22(14-20)31-2)13-21-24(29)28(19-10-6-17(25)7-11-19)23(27-21)15-3-8-18(26)9-4-15/h3-14H,1-2H3/b21-13+. The van der Waals surface area contributed by atoms with E-state index in [-0.39, 0.29) is 17.4 Å². The van der Waals surface area contributed by atoms with Crippen molar-refractivity contribution in [2.24, 2.45) is 4.99 Å². The van der Waals surface area contributed by atoms with Gasteiger partial charge in [0.15, 0.2) is 0 Å². The number of ether oxygens (including phenoxy) is 2. The number of methoxy groups -OCH3 is 2. The number of anilines is 1. The number of benzene rings is 3. The van der Waals surface area contributed by atoms with Gasteiger partial charge in [0.05, 0.1) is 19.9 Å². The van der Waals surface area contributed by atoms with Crippen molar-refractivity contribution in [3.05, 3.63) is 94.4 Å². The van der Waals surface area contributed by atoms with E-state index in [0.717, 1.165) is 0 Å². The molecule has 0 fully saturated rings. The molecular weight excluding hydrogens is 419 g/mol. The van der Waals surface area contributed by atoms with Crippen LogP contribution in [0, 0.1) is 5.82 Å². The molecule has 156 valence electrons. The van der Waals surface area contributed by atoms with E-state index in [0.29, 0.717) is 39.2 Å². The van der Waals surface area contributed by atoms with Crippen molar-refractivity contribution in [1.82, 2.24) is 0 Å². The van der Waals surface area contributed by atoms with Crippen molar-refractivity contribution in [1.29, 1.82) is 0 Å². The average Bonchev–Trinajstić information content (AvgIpc) is 3.11. The van der Waals surface area contributed by atoms with Crippen LogP contribution in [0.2, 0.25) is 5.02 Å². The second-order valence-corrected chi connectivity index (χ2v) is 7.13. The maximum absolute atomic E-state index is 13.5. The summed E-state index contributed by atoms with van der Waals surface area (Å²) >= 11 is 6.01. The first-order chi connectivity index (χ1) is 15.0. The Morgan fingerprint density at radius 3 is 2.32 bits per heavy atom. The quantitative estimate of drug-likeness (QED) is 0.508. The zero-order valence-corrected chi connectivity index (χ0v) is 17.6. The van der Waals surface area contributed by atoms with Crippen LogP contribution in [0.4, 0.5) is 10.1 Å². The summed E-state index contributed by atoms with van der Waals surface area (Å²) in [6.45, 7) is 0. The molecule has 5 nitrogen and oxygen atoms in total. The molecule has 0 saturated heterocycles. The number of halogens is 2. The molecule has 3 aromatic rings. The molecule has 0 unspecified atom stereocenters. The van der Waals surface area contributed by atoms with Gasteiger partial charge in [-0.3, -0.25) is 9.69 Å². The molecule has 7 heteroatoms. The van der Waals surface area contributed by atoms with Crippen LogP contribution in [0.1, 0.15) is 11.1 Å². The summed E-state index contributed by atoms with van der Waals surface area (Å²) in [5.74, 6) is 0.884. The summed E-state index contributed by atoms with van der Waals surface area (Å²) in [6.07, 6.45) is 1.65. The first-order valence-corrected chi connectivity index (χ1v) is 9.76. The Morgan fingerprint density at radius 2 is 1.68 bits per heavy atom. The smallest absolute Gasteiger partial charge is 0.282 e. The van der Waals surface area contributed by atoms with Crippen LogP contribution in [-0.4, -0.2) is 26.0 Å². The molecule has 0 bridgehead atoms. The van der Waals surface area contributed by atoms with Crippen LogP contribution >= 0.6 is 11.6 Å². The largest absolute Gasteiger partial charge is 0.497 e. The molecule has 31 heavy (non-hydrogen) atoms. The SMILES string of the molecule is COc1ccc(/C=C2/N=C(c3ccc(F)cc3)N(c3ccc(Cl)cc3)C2=O)c(OC)c1. The lowest BCUT2D eigenvalue weighted by Gasteiger charge is -2.18. The Balaban J connectivity index is 1.82. The Kier molecular flexibility index (Phi) is 5.73. The minimum atomic E-state index is -0.370. The Labute approximate surface area is 184 Å². The Morgan fingerprint density at radius 1 is 0.968 bits per heavy atom.